The molecule has 0 radical (unpaired) electrons. The van der Waals surface area contributed by atoms with Gasteiger partial charge in [-0.1, -0.05) is 23.7 Å². The van der Waals surface area contributed by atoms with Crippen molar-refractivity contribution in [3.05, 3.63) is 64.4 Å². The van der Waals surface area contributed by atoms with Gasteiger partial charge in [-0.05, 0) is 73.8 Å². The first-order chi connectivity index (χ1) is 14.4. The maximum Gasteiger partial charge on any atom is 0.315 e. The lowest BCUT2D eigenvalue weighted by Gasteiger charge is -2.58. The minimum atomic E-state index is -0.125. The number of nitrogens with zero attached hydrogens (tertiary/aromatic N) is 1. The molecule has 0 aliphatic heterocycles. The number of carbonyl (C=O) groups is 2. The van der Waals surface area contributed by atoms with Crippen molar-refractivity contribution in [1.82, 2.24) is 20.9 Å². The summed E-state index contributed by atoms with van der Waals surface area (Å²) in [5, 5.41) is 9.66. The molecule has 158 valence electrons. The fourth-order valence-electron chi connectivity index (χ4n) is 4.69. The molecule has 3 N–H and O–H groups in total. The van der Waals surface area contributed by atoms with Crippen LogP contribution in [0, 0.1) is 18.3 Å². The number of hydrogen-bond donors (Lipinski definition) is 3. The van der Waals surface area contributed by atoms with Crippen LogP contribution in [0.4, 0.5) is 4.79 Å². The second-order valence-corrected chi connectivity index (χ2v) is 9.17. The average molecular weight is 427 g/mol. The number of carbonyl (C=O) groups excluding carboxylic acids is 2. The molecule has 30 heavy (non-hydrogen) atoms. The number of pyridine rings is 1. The summed E-state index contributed by atoms with van der Waals surface area (Å²) in [6, 6.07) is 11.2. The first kappa shape index (κ1) is 20.7. The number of amides is 3. The third-order valence-electron chi connectivity index (χ3n) is 6.23. The molecule has 0 unspecified atom stereocenters. The maximum absolute atomic E-state index is 12.2. The highest BCUT2D eigenvalue weighted by Gasteiger charge is 2.52. The van der Waals surface area contributed by atoms with E-state index in [0.717, 1.165) is 36.9 Å². The minimum absolute atomic E-state index is 0.0611. The van der Waals surface area contributed by atoms with Crippen LogP contribution in [0.3, 0.4) is 0 Å². The number of aryl methyl sites for hydroxylation is 1. The van der Waals surface area contributed by atoms with Gasteiger partial charge >= 0.3 is 6.03 Å². The van der Waals surface area contributed by atoms with Crippen molar-refractivity contribution in [2.24, 2.45) is 11.3 Å². The maximum atomic E-state index is 12.2. The van der Waals surface area contributed by atoms with Crippen LogP contribution in [0.2, 0.25) is 5.02 Å². The van der Waals surface area contributed by atoms with Crippen molar-refractivity contribution < 1.29 is 9.59 Å². The van der Waals surface area contributed by atoms with Crippen molar-refractivity contribution in [2.75, 3.05) is 6.54 Å². The zero-order valence-corrected chi connectivity index (χ0v) is 17.8. The van der Waals surface area contributed by atoms with Crippen LogP contribution in [0.15, 0.2) is 42.6 Å². The van der Waals surface area contributed by atoms with Crippen LogP contribution < -0.4 is 16.0 Å². The Kier molecular flexibility index (Phi) is 5.95. The van der Waals surface area contributed by atoms with E-state index in [9.17, 15) is 9.59 Å². The molecule has 1 aromatic carbocycles. The highest BCUT2D eigenvalue weighted by Crippen LogP contribution is 2.58. The normalized spacial score (nSPS) is 24.5. The summed E-state index contributed by atoms with van der Waals surface area (Å²) in [7, 11) is 0. The van der Waals surface area contributed by atoms with Gasteiger partial charge in [0.15, 0.2) is 0 Å². The van der Waals surface area contributed by atoms with E-state index in [1.807, 2.05) is 37.3 Å². The molecule has 1 heterocycles. The zero-order valence-electron chi connectivity index (χ0n) is 17.1. The number of hydrogen-bond acceptors (Lipinski definition) is 3. The van der Waals surface area contributed by atoms with Crippen LogP contribution in [0.25, 0.3) is 0 Å². The molecular formula is C23H27ClN4O2. The molecule has 1 spiro atoms. The molecule has 0 saturated heterocycles. The van der Waals surface area contributed by atoms with Crippen molar-refractivity contribution in [3.8, 4) is 0 Å². The fraction of sp³-hybridized carbons (Fsp3) is 0.435. The lowest BCUT2D eigenvalue weighted by molar-refractivity contribution is -0.0444. The van der Waals surface area contributed by atoms with E-state index >= 15 is 0 Å². The topological polar surface area (TPSA) is 83.1 Å². The molecule has 2 aromatic rings. The summed E-state index contributed by atoms with van der Waals surface area (Å²) in [6.45, 7) is 3.09. The first-order valence-corrected chi connectivity index (χ1v) is 10.8. The van der Waals surface area contributed by atoms with Crippen molar-refractivity contribution in [1.29, 1.82) is 0 Å². The molecule has 3 amide bonds. The van der Waals surface area contributed by atoms with E-state index in [1.165, 1.54) is 0 Å². The quantitative estimate of drug-likeness (QED) is 0.656. The van der Waals surface area contributed by atoms with Gasteiger partial charge in [0.2, 0.25) is 0 Å². The Morgan fingerprint density at radius 3 is 2.47 bits per heavy atom. The van der Waals surface area contributed by atoms with E-state index in [1.54, 1.807) is 12.3 Å². The molecule has 7 heteroatoms. The molecule has 1 aromatic heterocycles. The Balaban J connectivity index is 1.11. The van der Waals surface area contributed by atoms with E-state index in [0.29, 0.717) is 35.0 Å². The van der Waals surface area contributed by atoms with Gasteiger partial charge in [0.1, 0.15) is 0 Å². The van der Waals surface area contributed by atoms with Crippen LogP contribution in [0.1, 0.15) is 47.3 Å². The van der Waals surface area contributed by atoms with Gasteiger partial charge in [-0.15, -0.1) is 0 Å². The van der Waals surface area contributed by atoms with Gasteiger partial charge in [0.05, 0.1) is 5.56 Å². The molecule has 2 aliphatic carbocycles. The summed E-state index contributed by atoms with van der Waals surface area (Å²) in [5.74, 6) is 0.459. The van der Waals surface area contributed by atoms with Crippen LogP contribution >= 0.6 is 11.6 Å². The van der Waals surface area contributed by atoms with Crippen molar-refractivity contribution in [2.45, 2.75) is 45.2 Å². The second-order valence-electron chi connectivity index (χ2n) is 8.73. The number of nitrogens with one attached hydrogen (secondary N) is 3. The van der Waals surface area contributed by atoms with Gasteiger partial charge < -0.3 is 16.0 Å². The lowest BCUT2D eigenvalue weighted by atomic mass is 9.50. The number of urea groups is 1. The van der Waals surface area contributed by atoms with Gasteiger partial charge in [0.25, 0.3) is 5.91 Å². The minimum Gasteiger partial charge on any atom is -0.352 e. The molecule has 4 rings (SSSR count). The third-order valence-corrected chi connectivity index (χ3v) is 6.48. The summed E-state index contributed by atoms with van der Waals surface area (Å²) in [4.78, 5) is 28.5. The lowest BCUT2D eigenvalue weighted by Crippen LogP contribution is -2.58. The van der Waals surface area contributed by atoms with Gasteiger partial charge in [-0.3, -0.25) is 9.78 Å². The van der Waals surface area contributed by atoms with Crippen molar-refractivity contribution >= 4 is 23.5 Å². The number of halogens is 1. The predicted octanol–water partition coefficient (Wildman–Crippen LogP) is 3.83. The summed E-state index contributed by atoms with van der Waals surface area (Å²) < 4.78 is 0. The Morgan fingerprint density at radius 2 is 1.80 bits per heavy atom. The second kappa shape index (κ2) is 8.64. The highest BCUT2D eigenvalue weighted by molar-refractivity contribution is 6.30. The SMILES string of the molecule is Cc1ccc(C(=O)NC[C@H]2CC3(C2)C[C@H](NC(=O)NCc2ccc(Cl)cc2)C3)cn1. The molecule has 2 aliphatic rings. The van der Waals surface area contributed by atoms with Crippen LogP contribution in [-0.4, -0.2) is 29.5 Å². The first-order valence-electron chi connectivity index (χ1n) is 10.4. The van der Waals surface area contributed by atoms with Crippen LogP contribution in [0.5, 0.6) is 0 Å². The van der Waals surface area contributed by atoms with E-state index in [2.05, 4.69) is 20.9 Å². The largest absolute Gasteiger partial charge is 0.352 e. The number of rotatable bonds is 6. The number of aromatic nitrogens is 1. The highest BCUT2D eigenvalue weighted by atomic mass is 35.5. The fourth-order valence-corrected chi connectivity index (χ4v) is 4.82. The standard InChI is InChI=1S/C23H27ClN4O2/c1-15-2-5-18(14-25-15)21(29)26-13-17-8-23(9-17)10-20(11-23)28-22(30)27-12-16-3-6-19(24)7-4-16/h2-7,14,17,20H,8-13H2,1H3,(H,26,29)(H2,27,28,30)/t17-,20-,23?. The molecule has 0 bridgehead atoms. The Labute approximate surface area is 181 Å². The van der Waals surface area contributed by atoms with Crippen molar-refractivity contribution in [3.63, 3.8) is 0 Å². The van der Waals surface area contributed by atoms with E-state index in [4.69, 9.17) is 11.6 Å². The molecule has 6 nitrogen and oxygen atoms in total. The Morgan fingerprint density at radius 1 is 1.07 bits per heavy atom. The van der Waals surface area contributed by atoms with E-state index in [-0.39, 0.29) is 18.0 Å². The summed E-state index contributed by atoms with van der Waals surface area (Å²) in [6.07, 6.45) is 5.89. The van der Waals surface area contributed by atoms with Gasteiger partial charge in [-0.2, -0.15) is 0 Å². The molecule has 0 atom stereocenters. The third kappa shape index (κ3) is 4.93. The predicted molar refractivity (Wildman–Crippen MR) is 116 cm³/mol. The smallest absolute Gasteiger partial charge is 0.315 e. The Hall–Kier alpha value is -2.60. The van der Waals surface area contributed by atoms with Crippen LogP contribution in [-0.2, 0) is 6.54 Å². The average Bonchev–Trinajstić information content (AvgIpc) is 2.67. The van der Waals surface area contributed by atoms with Gasteiger partial charge in [-0.25, -0.2) is 4.79 Å². The summed E-state index contributed by atoms with van der Waals surface area (Å²) >= 11 is 5.87. The molecular weight excluding hydrogens is 400 g/mol. The zero-order chi connectivity index (χ0) is 21.1. The van der Waals surface area contributed by atoms with Gasteiger partial charge in [0, 0.05) is 36.0 Å². The monoisotopic (exact) mass is 426 g/mol. The molecule has 2 fully saturated rings. The Bertz CT molecular complexity index is 900. The number of benzene rings is 1. The molecule has 2 saturated carbocycles. The summed E-state index contributed by atoms with van der Waals surface area (Å²) in [5.41, 5.74) is 2.88. The van der Waals surface area contributed by atoms with E-state index < -0.39 is 0 Å².